The Morgan fingerprint density at radius 2 is 1.61 bits per heavy atom. The van der Waals surface area contributed by atoms with Gasteiger partial charge in [0.25, 0.3) is 0 Å². The van der Waals surface area contributed by atoms with Crippen molar-refractivity contribution >= 4 is 5.97 Å². The Morgan fingerprint density at radius 1 is 1.06 bits per heavy atom. The maximum Gasteiger partial charge on any atom is 0.330 e. The van der Waals surface area contributed by atoms with Crippen LogP contribution in [0.4, 0.5) is 0 Å². The van der Waals surface area contributed by atoms with Crippen LogP contribution in [0.2, 0.25) is 0 Å². The Morgan fingerprint density at radius 3 is 2.28 bits per heavy atom. The molecule has 2 atom stereocenters. The highest BCUT2D eigenvalue weighted by atomic mass is 16.5. The van der Waals surface area contributed by atoms with E-state index in [1.807, 2.05) is 6.92 Å². The second-order valence-corrected chi connectivity index (χ2v) is 5.23. The van der Waals surface area contributed by atoms with Crippen LogP contribution in [0.3, 0.4) is 0 Å². The number of aliphatic hydroxyl groups excluding tert-OH is 1. The molecule has 0 saturated heterocycles. The lowest BCUT2D eigenvalue weighted by Gasteiger charge is -2.11. The van der Waals surface area contributed by atoms with Crippen LogP contribution >= 0.6 is 0 Å². The maximum absolute atomic E-state index is 11.5. The lowest BCUT2D eigenvalue weighted by molar-refractivity contribution is -0.142. The number of hydrogen-bond acceptors (Lipinski definition) is 3. The van der Waals surface area contributed by atoms with Gasteiger partial charge in [0.15, 0.2) is 0 Å². The van der Waals surface area contributed by atoms with Gasteiger partial charge in [-0.3, -0.25) is 0 Å². The summed E-state index contributed by atoms with van der Waals surface area (Å²) >= 11 is 0. The number of hydrogen-bond donors (Lipinski definition) is 1. The Bertz CT molecular complexity index is 260. The fourth-order valence-electron chi connectivity index (χ4n) is 2.25. The molecule has 3 nitrogen and oxygen atoms in total. The average Bonchev–Trinajstić information content (AvgIpc) is 2.33. The molecular weight excluding hydrogens is 228 g/mol. The monoisotopic (exact) mass is 254 g/mol. The van der Waals surface area contributed by atoms with Gasteiger partial charge in [-0.2, -0.15) is 0 Å². The van der Waals surface area contributed by atoms with Crippen molar-refractivity contribution in [2.75, 3.05) is 0 Å². The summed E-state index contributed by atoms with van der Waals surface area (Å²) in [4.78, 5) is 11.5. The summed E-state index contributed by atoms with van der Waals surface area (Å²) in [5.41, 5.74) is 0. The topological polar surface area (TPSA) is 46.5 Å². The zero-order valence-electron chi connectivity index (χ0n) is 11.4. The average molecular weight is 254 g/mol. The highest BCUT2D eigenvalue weighted by molar-refractivity contribution is 5.82. The van der Waals surface area contributed by atoms with Gasteiger partial charge < -0.3 is 9.84 Å². The van der Waals surface area contributed by atoms with Gasteiger partial charge in [-0.25, -0.2) is 4.79 Å². The minimum atomic E-state index is -0.516. The minimum Gasteiger partial charge on any atom is -0.460 e. The van der Waals surface area contributed by atoms with Crippen molar-refractivity contribution < 1.29 is 14.6 Å². The molecule has 0 aromatic rings. The van der Waals surface area contributed by atoms with Crippen molar-refractivity contribution in [1.82, 2.24) is 0 Å². The number of carbonyl (C=O) groups is 1. The Kier molecular flexibility index (Phi) is 7.74. The number of aliphatic hydroxyl groups is 1. The van der Waals surface area contributed by atoms with Gasteiger partial charge >= 0.3 is 5.97 Å². The van der Waals surface area contributed by atoms with E-state index in [1.54, 1.807) is 6.08 Å². The number of carbonyl (C=O) groups excluding carboxylic acids is 1. The number of ether oxygens (including phenoxy) is 1. The van der Waals surface area contributed by atoms with Crippen molar-refractivity contribution in [3.05, 3.63) is 12.2 Å². The molecule has 1 unspecified atom stereocenters. The third kappa shape index (κ3) is 7.49. The van der Waals surface area contributed by atoms with Crippen molar-refractivity contribution in [2.24, 2.45) is 0 Å². The summed E-state index contributed by atoms with van der Waals surface area (Å²) in [6.45, 7) is 1.93. The first-order valence-electron chi connectivity index (χ1n) is 7.25. The van der Waals surface area contributed by atoms with E-state index in [2.05, 4.69) is 0 Å². The fraction of sp³-hybridized carbons (Fsp3) is 0.800. The Hall–Kier alpha value is -0.830. The van der Waals surface area contributed by atoms with E-state index >= 15 is 0 Å². The standard InChI is InChI=1S/C15H26O3/c1-13-9-7-5-3-2-4-6-8-10-14(16)11-12-15(17)18-13/h11-14,16H,2-10H2,1H3/b12-11+/t13?,14-/m1/s1. The lowest BCUT2D eigenvalue weighted by Crippen LogP contribution is -2.13. The zero-order valence-corrected chi connectivity index (χ0v) is 11.4. The molecule has 3 heteroatoms. The van der Waals surface area contributed by atoms with Gasteiger partial charge in [0.2, 0.25) is 0 Å². The van der Waals surface area contributed by atoms with Gasteiger partial charge in [0.05, 0.1) is 12.2 Å². The highest BCUT2D eigenvalue weighted by Crippen LogP contribution is 2.13. The normalized spacial score (nSPS) is 30.9. The molecule has 1 aliphatic rings. The van der Waals surface area contributed by atoms with Crippen LogP contribution < -0.4 is 0 Å². The van der Waals surface area contributed by atoms with Crippen molar-refractivity contribution in [2.45, 2.75) is 76.9 Å². The summed E-state index contributed by atoms with van der Waals surface area (Å²) in [5.74, 6) is -0.337. The minimum absolute atomic E-state index is 0.0237. The predicted octanol–water partition coefficient (Wildman–Crippen LogP) is 3.36. The quantitative estimate of drug-likeness (QED) is 0.674. The van der Waals surface area contributed by atoms with Crippen LogP contribution in [0.1, 0.15) is 64.7 Å². The first-order chi connectivity index (χ1) is 8.68. The highest BCUT2D eigenvalue weighted by Gasteiger charge is 2.08. The Balaban J connectivity index is 2.42. The number of rotatable bonds is 0. The van der Waals surface area contributed by atoms with Crippen LogP contribution in [0.25, 0.3) is 0 Å². The lowest BCUT2D eigenvalue weighted by atomic mass is 10.0. The maximum atomic E-state index is 11.5. The fourth-order valence-corrected chi connectivity index (χ4v) is 2.25. The van der Waals surface area contributed by atoms with Gasteiger partial charge in [-0.15, -0.1) is 0 Å². The van der Waals surface area contributed by atoms with E-state index in [0.29, 0.717) is 0 Å². The molecule has 1 N–H and O–H groups in total. The van der Waals surface area contributed by atoms with E-state index < -0.39 is 6.10 Å². The molecule has 1 aliphatic heterocycles. The second kappa shape index (κ2) is 9.15. The summed E-state index contributed by atoms with van der Waals surface area (Å²) in [5, 5.41) is 9.66. The molecule has 0 saturated carbocycles. The van der Waals surface area contributed by atoms with Gasteiger partial charge in [0, 0.05) is 6.08 Å². The molecule has 104 valence electrons. The van der Waals surface area contributed by atoms with Gasteiger partial charge in [-0.05, 0) is 32.3 Å². The van der Waals surface area contributed by atoms with Crippen molar-refractivity contribution in [3.8, 4) is 0 Å². The summed E-state index contributed by atoms with van der Waals surface area (Å²) in [6.07, 6.45) is 12.4. The first-order valence-corrected chi connectivity index (χ1v) is 7.25. The summed E-state index contributed by atoms with van der Waals surface area (Å²) in [6, 6.07) is 0. The van der Waals surface area contributed by atoms with Crippen LogP contribution in [0.5, 0.6) is 0 Å². The third-order valence-electron chi connectivity index (χ3n) is 3.38. The molecule has 1 heterocycles. The van der Waals surface area contributed by atoms with Crippen LogP contribution in [0, 0.1) is 0 Å². The molecule has 0 radical (unpaired) electrons. The SMILES string of the molecule is CC1CCCCCCCCC[C@@H](O)/C=C/C(=O)O1. The molecule has 18 heavy (non-hydrogen) atoms. The summed E-state index contributed by atoms with van der Waals surface area (Å²) < 4.78 is 5.24. The first kappa shape index (κ1) is 15.2. The molecule has 0 aromatic carbocycles. The van der Waals surface area contributed by atoms with Crippen molar-refractivity contribution in [3.63, 3.8) is 0 Å². The molecule has 0 aromatic heterocycles. The third-order valence-corrected chi connectivity index (χ3v) is 3.38. The molecule has 0 bridgehead atoms. The van der Waals surface area contributed by atoms with Crippen LogP contribution in [-0.4, -0.2) is 23.3 Å². The number of cyclic esters (lactones) is 1. The molecule has 1 rings (SSSR count). The second-order valence-electron chi connectivity index (χ2n) is 5.23. The zero-order chi connectivity index (χ0) is 13.2. The smallest absolute Gasteiger partial charge is 0.330 e. The van der Waals surface area contributed by atoms with Crippen LogP contribution in [0.15, 0.2) is 12.2 Å². The van der Waals surface area contributed by atoms with Crippen molar-refractivity contribution in [1.29, 1.82) is 0 Å². The van der Waals surface area contributed by atoms with Gasteiger partial charge in [0.1, 0.15) is 0 Å². The molecule has 0 spiro atoms. The molecule has 0 fully saturated rings. The van der Waals surface area contributed by atoms with E-state index in [4.69, 9.17) is 4.74 Å². The molecule has 0 amide bonds. The molecule has 0 aliphatic carbocycles. The van der Waals surface area contributed by atoms with Crippen LogP contribution in [-0.2, 0) is 9.53 Å². The predicted molar refractivity (Wildman–Crippen MR) is 72.3 cm³/mol. The number of esters is 1. The molecular formula is C15H26O3. The largest absolute Gasteiger partial charge is 0.460 e. The van der Waals surface area contributed by atoms with E-state index in [-0.39, 0.29) is 12.1 Å². The van der Waals surface area contributed by atoms with E-state index in [1.165, 1.54) is 38.2 Å². The van der Waals surface area contributed by atoms with E-state index in [0.717, 1.165) is 25.7 Å². The summed E-state index contributed by atoms with van der Waals surface area (Å²) in [7, 11) is 0. The van der Waals surface area contributed by atoms with Gasteiger partial charge in [-0.1, -0.05) is 38.5 Å². The van der Waals surface area contributed by atoms with E-state index in [9.17, 15) is 9.90 Å². The Labute approximate surface area is 110 Å².